The van der Waals surface area contributed by atoms with Crippen LogP contribution < -0.4 is 5.32 Å². The standard InChI is InChI=1S/C16H20N2O/c1-16(8-9-16)11-18-15(19)7-6-12-10-17-14-5-3-2-4-13(12)14/h2-5,10,17H,6-9,11H2,1H3,(H,18,19). The van der Waals surface area contributed by atoms with Crippen LogP contribution >= 0.6 is 0 Å². The summed E-state index contributed by atoms with van der Waals surface area (Å²) in [7, 11) is 0. The Balaban J connectivity index is 1.55. The molecule has 3 heteroatoms. The second kappa shape index (κ2) is 4.72. The van der Waals surface area contributed by atoms with Crippen LogP contribution in [0.1, 0.15) is 31.7 Å². The summed E-state index contributed by atoms with van der Waals surface area (Å²) in [6, 6.07) is 8.22. The van der Waals surface area contributed by atoms with Crippen molar-refractivity contribution in [3.8, 4) is 0 Å². The predicted molar refractivity (Wildman–Crippen MR) is 77.0 cm³/mol. The molecule has 2 aromatic rings. The largest absolute Gasteiger partial charge is 0.361 e. The SMILES string of the molecule is CC1(CNC(=O)CCc2c[nH]c3ccccc23)CC1. The average Bonchev–Trinajstić information content (AvgIpc) is 3.02. The number of carbonyl (C=O) groups excluding carboxylic acids is 1. The highest BCUT2D eigenvalue weighted by Gasteiger charge is 2.37. The lowest BCUT2D eigenvalue weighted by Gasteiger charge is -2.09. The van der Waals surface area contributed by atoms with Gasteiger partial charge in [0.15, 0.2) is 0 Å². The Bertz CT molecular complexity index is 596. The van der Waals surface area contributed by atoms with Crippen LogP contribution in [-0.2, 0) is 11.2 Å². The fourth-order valence-electron chi connectivity index (χ4n) is 2.38. The van der Waals surface area contributed by atoms with Crippen LogP contribution in [0.5, 0.6) is 0 Å². The average molecular weight is 256 g/mol. The Morgan fingerprint density at radius 1 is 1.37 bits per heavy atom. The number of aromatic amines is 1. The Hall–Kier alpha value is -1.77. The molecule has 1 heterocycles. The lowest BCUT2D eigenvalue weighted by molar-refractivity contribution is -0.121. The van der Waals surface area contributed by atoms with Gasteiger partial charge in [-0.25, -0.2) is 0 Å². The molecule has 1 aliphatic carbocycles. The smallest absolute Gasteiger partial charge is 0.220 e. The third-order valence-corrected chi connectivity index (χ3v) is 4.11. The zero-order valence-corrected chi connectivity index (χ0v) is 11.3. The summed E-state index contributed by atoms with van der Waals surface area (Å²) in [5.74, 6) is 0.165. The van der Waals surface area contributed by atoms with Gasteiger partial charge in [0.05, 0.1) is 0 Å². The number of aryl methyl sites for hydroxylation is 1. The summed E-state index contributed by atoms with van der Waals surface area (Å²) in [6.07, 6.45) is 5.87. The van der Waals surface area contributed by atoms with E-state index in [1.807, 2.05) is 18.3 Å². The van der Waals surface area contributed by atoms with Crippen molar-refractivity contribution in [3.05, 3.63) is 36.0 Å². The number of rotatable bonds is 5. The maximum Gasteiger partial charge on any atom is 0.220 e. The number of aromatic nitrogens is 1. The molecule has 1 amide bonds. The van der Waals surface area contributed by atoms with Gasteiger partial charge in [0.1, 0.15) is 0 Å². The van der Waals surface area contributed by atoms with Gasteiger partial charge in [0, 0.05) is 30.1 Å². The number of nitrogens with one attached hydrogen (secondary N) is 2. The molecule has 100 valence electrons. The first-order chi connectivity index (χ1) is 9.16. The van der Waals surface area contributed by atoms with Crippen molar-refractivity contribution in [3.63, 3.8) is 0 Å². The van der Waals surface area contributed by atoms with E-state index in [1.54, 1.807) is 0 Å². The fourth-order valence-corrected chi connectivity index (χ4v) is 2.38. The highest BCUT2D eigenvalue weighted by atomic mass is 16.1. The van der Waals surface area contributed by atoms with E-state index in [0.717, 1.165) is 18.5 Å². The Labute approximate surface area is 113 Å². The van der Waals surface area contributed by atoms with E-state index in [-0.39, 0.29) is 5.91 Å². The minimum Gasteiger partial charge on any atom is -0.361 e. The van der Waals surface area contributed by atoms with Gasteiger partial charge in [0.2, 0.25) is 5.91 Å². The molecule has 0 spiro atoms. The van der Waals surface area contributed by atoms with Crippen molar-refractivity contribution >= 4 is 16.8 Å². The zero-order valence-electron chi connectivity index (χ0n) is 11.3. The molecule has 0 bridgehead atoms. The van der Waals surface area contributed by atoms with E-state index in [9.17, 15) is 4.79 Å². The summed E-state index contributed by atoms with van der Waals surface area (Å²) in [5.41, 5.74) is 2.75. The van der Waals surface area contributed by atoms with E-state index >= 15 is 0 Å². The van der Waals surface area contributed by atoms with Gasteiger partial charge < -0.3 is 10.3 Å². The van der Waals surface area contributed by atoms with E-state index in [4.69, 9.17) is 0 Å². The van der Waals surface area contributed by atoms with Crippen LogP contribution in [-0.4, -0.2) is 17.4 Å². The number of para-hydroxylation sites is 1. The molecular formula is C16H20N2O. The summed E-state index contributed by atoms with van der Waals surface area (Å²) >= 11 is 0. The highest BCUT2D eigenvalue weighted by molar-refractivity contribution is 5.84. The summed E-state index contributed by atoms with van der Waals surface area (Å²) in [5, 5.41) is 4.27. The van der Waals surface area contributed by atoms with E-state index in [0.29, 0.717) is 11.8 Å². The molecule has 0 saturated heterocycles. The van der Waals surface area contributed by atoms with Gasteiger partial charge in [-0.3, -0.25) is 4.79 Å². The minimum atomic E-state index is 0.165. The number of benzene rings is 1. The lowest BCUT2D eigenvalue weighted by Crippen LogP contribution is -2.29. The molecular weight excluding hydrogens is 236 g/mol. The zero-order chi connectivity index (χ0) is 13.3. The molecule has 0 unspecified atom stereocenters. The van der Waals surface area contributed by atoms with Crippen LogP contribution in [0.15, 0.2) is 30.5 Å². The van der Waals surface area contributed by atoms with E-state index in [1.165, 1.54) is 23.8 Å². The van der Waals surface area contributed by atoms with Gasteiger partial charge in [-0.15, -0.1) is 0 Å². The number of hydrogen-bond acceptors (Lipinski definition) is 1. The molecule has 3 rings (SSSR count). The quantitative estimate of drug-likeness (QED) is 0.848. The molecule has 19 heavy (non-hydrogen) atoms. The van der Waals surface area contributed by atoms with E-state index in [2.05, 4.69) is 29.4 Å². The van der Waals surface area contributed by atoms with Crippen molar-refractivity contribution < 1.29 is 4.79 Å². The van der Waals surface area contributed by atoms with Gasteiger partial charge >= 0.3 is 0 Å². The molecule has 0 atom stereocenters. The fraction of sp³-hybridized carbons (Fsp3) is 0.438. The number of H-pyrrole nitrogens is 1. The van der Waals surface area contributed by atoms with E-state index < -0.39 is 0 Å². The molecule has 2 N–H and O–H groups in total. The summed E-state index contributed by atoms with van der Waals surface area (Å²) in [4.78, 5) is 15.1. The predicted octanol–water partition coefficient (Wildman–Crippen LogP) is 3.02. The topological polar surface area (TPSA) is 44.9 Å². The molecule has 0 aliphatic heterocycles. The number of amides is 1. The van der Waals surface area contributed by atoms with Gasteiger partial charge in [-0.2, -0.15) is 0 Å². The molecule has 1 aromatic heterocycles. The van der Waals surface area contributed by atoms with Crippen LogP contribution in [0.3, 0.4) is 0 Å². The van der Waals surface area contributed by atoms with Crippen LogP contribution in [0.2, 0.25) is 0 Å². The van der Waals surface area contributed by atoms with Crippen molar-refractivity contribution in [1.82, 2.24) is 10.3 Å². The maximum atomic E-state index is 11.8. The van der Waals surface area contributed by atoms with Gasteiger partial charge in [-0.1, -0.05) is 25.1 Å². The summed E-state index contributed by atoms with van der Waals surface area (Å²) in [6.45, 7) is 3.06. The first kappa shape index (κ1) is 12.3. The molecule has 1 aromatic carbocycles. The number of carbonyl (C=O) groups is 1. The molecule has 0 radical (unpaired) electrons. The second-order valence-corrected chi connectivity index (χ2v) is 5.95. The van der Waals surface area contributed by atoms with Crippen LogP contribution in [0, 0.1) is 5.41 Å². The molecule has 1 saturated carbocycles. The molecule has 1 aliphatic rings. The van der Waals surface area contributed by atoms with Crippen LogP contribution in [0.25, 0.3) is 10.9 Å². The van der Waals surface area contributed by atoms with Gasteiger partial charge in [-0.05, 0) is 36.3 Å². The van der Waals surface area contributed by atoms with Crippen LogP contribution in [0.4, 0.5) is 0 Å². The third-order valence-electron chi connectivity index (χ3n) is 4.11. The number of hydrogen-bond donors (Lipinski definition) is 2. The number of fused-ring (bicyclic) bond motifs is 1. The lowest BCUT2D eigenvalue weighted by atomic mass is 10.1. The minimum absolute atomic E-state index is 0.165. The highest BCUT2D eigenvalue weighted by Crippen LogP contribution is 2.44. The second-order valence-electron chi connectivity index (χ2n) is 5.95. The molecule has 3 nitrogen and oxygen atoms in total. The van der Waals surface area contributed by atoms with Gasteiger partial charge in [0.25, 0.3) is 0 Å². The Morgan fingerprint density at radius 3 is 2.95 bits per heavy atom. The molecule has 1 fully saturated rings. The maximum absolute atomic E-state index is 11.8. The van der Waals surface area contributed by atoms with Crippen molar-refractivity contribution in [2.24, 2.45) is 5.41 Å². The first-order valence-corrected chi connectivity index (χ1v) is 6.98. The summed E-state index contributed by atoms with van der Waals surface area (Å²) < 4.78 is 0. The Morgan fingerprint density at radius 2 is 2.16 bits per heavy atom. The third kappa shape index (κ3) is 2.80. The Kier molecular flexibility index (Phi) is 3.05. The first-order valence-electron chi connectivity index (χ1n) is 6.98. The van der Waals surface area contributed by atoms with Crippen molar-refractivity contribution in [2.45, 2.75) is 32.6 Å². The van der Waals surface area contributed by atoms with Crippen molar-refractivity contribution in [2.75, 3.05) is 6.54 Å². The normalized spacial score (nSPS) is 16.5. The van der Waals surface area contributed by atoms with Crippen molar-refractivity contribution in [1.29, 1.82) is 0 Å². The monoisotopic (exact) mass is 256 g/mol.